The summed E-state index contributed by atoms with van der Waals surface area (Å²) in [5.74, 6) is -2.32. The van der Waals surface area contributed by atoms with E-state index in [4.69, 9.17) is 0 Å². The van der Waals surface area contributed by atoms with E-state index in [1.807, 2.05) is 66.7 Å². The number of thioether (sulfide) groups is 1. The largest absolute Gasteiger partial charge is 0.478 e. The smallest absolute Gasteiger partial charge is 0.335 e. The molecule has 0 aliphatic rings. The summed E-state index contributed by atoms with van der Waals surface area (Å²) in [5.41, 5.74) is 3.87. The summed E-state index contributed by atoms with van der Waals surface area (Å²) in [5, 5.41) is 18.0. The molecule has 1 aromatic heterocycles. The number of fused-ring (bicyclic) bond motifs is 1. The number of rotatable bonds is 11. The standard InChI is InChI=1S/C39H30N4O5S/c44-36(26-12-5-2-6-13-26)43-34(22-28-24-40-33-17-8-7-16-32(28)33)37(45)42-30-14-9-15-31(23-30)49-35(25-10-3-1-4-11-25)38(46)41-29-20-18-27(19-21-29)39(47)48/h1-24,35,40H,(H,41,46)(H,42,45)(H,43,44)(H,47,48)/b34-22-. The van der Waals surface area contributed by atoms with Gasteiger partial charge in [-0.15, -0.1) is 11.8 Å². The van der Waals surface area contributed by atoms with Crippen molar-refractivity contribution in [2.75, 3.05) is 10.6 Å². The highest BCUT2D eigenvalue weighted by Crippen LogP contribution is 2.37. The van der Waals surface area contributed by atoms with Gasteiger partial charge in [0.15, 0.2) is 0 Å². The average molecular weight is 667 g/mol. The Bertz CT molecular complexity index is 2160. The number of benzene rings is 5. The van der Waals surface area contributed by atoms with Gasteiger partial charge in [-0.2, -0.15) is 0 Å². The average Bonchev–Trinajstić information content (AvgIpc) is 3.54. The lowest BCUT2D eigenvalue weighted by molar-refractivity contribution is -0.116. The number of hydrogen-bond donors (Lipinski definition) is 5. The zero-order valence-electron chi connectivity index (χ0n) is 25.9. The van der Waals surface area contributed by atoms with Crippen molar-refractivity contribution in [1.82, 2.24) is 10.3 Å². The Hall–Kier alpha value is -6.39. The van der Waals surface area contributed by atoms with Crippen LogP contribution in [-0.4, -0.2) is 33.8 Å². The molecule has 0 saturated carbocycles. The number of para-hydroxylation sites is 1. The van der Waals surface area contributed by atoms with Crippen LogP contribution in [-0.2, 0) is 9.59 Å². The minimum atomic E-state index is -1.05. The van der Waals surface area contributed by atoms with Crippen LogP contribution in [0.15, 0.2) is 150 Å². The Morgan fingerprint density at radius 2 is 1.39 bits per heavy atom. The van der Waals surface area contributed by atoms with E-state index in [1.165, 1.54) is 23.9 Å². The molecule has 0 radical (unpaired) electrons. The van der Waals surface area contributed by atoms with E-state index in [1.54, 1.807) is 66.9 Å². The number of amides is 3. The predicted molar refractivity (Wildman–Crippen MR) is 192 cm³/mol. The SMILES string of the molecule is O=C(Nc1cccc(SC(C(=O)Nc2ccc(C(=O)O)cc2)c2ccccc2)c1)/C(=C/c1c[nH]c2ccccc12)NC(=O)c1ccccc1. The molecule has 9 nitrogen and oxygen atoms in total. The van der Waals surface area contributed by atoms with Gasteiger partial charge in [-0.25, -0.2) is 4.79 Å². The fourth-order valence-electron chi connectivity index (χ4n) is 5.10. The van der Waals surface area contributed by atoms with Gasteiger partial charge < -0.3 is 26.0 Å². The second-order valence-corrected chi connectivity index (χ2v) is 12.1. The molecule has 10 heteroatoms. The molecule has 1 unspecified atom stereocenters. The van der Waals surface area contributed by atoms with Gasteiger partial charge in [-0.05, 0) is 72.3 Å². The van der Waals surface area contributed by atoms with E-state index in [0.29, 0.717) is 21.8 Å². The van der Waals surface area contributed by atoms with Crippen molar-refractivity contribution in [3.63, 3.8) is 0 Å². The van der Waals surface area contributed by atoms with Crippen LogP contribution < -0.4 is 16.0 Å². The van der Waals surface area contributed by atoms with Gasteiger partial charge in [0.2, 0.25) is 5.91 Å². The van der Waals surface area contributed by atoms with Crippen LogP contribution in [0.2, 0.25) is 0 Å². The Balaban J connectivity index is 1.24. The normalized spacial score (nSPS) is 11.8. The van der Waals surface area contributed by atoms with E-state index in [2.05, 4.69) is 20.9 Å². The molecule has 5 N–H and O–H groups in total. The number of aromatic carboxylic acids is 1. The third kappa shape index (κ3) is 8.13. The highest BCUT2D eigenvalue weighted by Gasteiger charge is 2.23. The van der Waals surface area contributed by atoms with Gasteiger partial charge in [0, 0.05) is 44.5 Å². The lowest BCUT2D eigenvalue weighted by atomic mass is 10.1. The topological polar surface area (TPSA) is 140 Å². The first-order valence-electron chi connectivity index (χ1n) is 15.3. The molecule has 6 rings (SSSR count). The van der Waals surface area contributed by atoms with Crippen molar-refractivity contribution in [1.29, 1.82) is 0 Å². The van der Waals surface area contributed by atoms with Crippen LogP contribution in [0.1, 0.15) is 37.1 Å². The summed E-state index contributed by atoms with van der Waals surface area (Å²) < 4.78 is 0. The van der Waals surface area contributed by atoms with Crippen molar-refractivity contribution < 1.29 is 24.3 Å². The lowest BCUT2D eigenvalue weighted by Gasteiger charge is -2.18. The van der Waals surface area contributed by atoms with Crippen LogP contribution in [0.3, 0.4) is 0 Å². The number of carboxylic acid groups (broad SMARTS) is 1. The van der Waals surface area contributed by atoms with E-state index in [9.17, 15) is 24.3 Å². The Kier molecular flexibility index (Phi) is 9.97. The zero-order chi connectivity index (χ0) is 34.2. The molecule has 242 valence electrons. The summed E-state index contributed by atoms with van der Waals surface area (Å²) >= 11 is 1.29. The zero-order valence-corrected chi connectivity index (χ0v) is 26.7. The van der Waals surface area contributed by atoms with Crippen molar-refractivity contribution in [3.05, 3.63) is 168 Å². The molecule has 49 heavy (non-hydrogen) atoms. The minimum Gasteiger partial charge on any atom is -0.478 e. The molecular weight excluding hydrogens is 637 g/mol. The summed E-state index contributed by atoms with van der Waals surface area (Å²) in [6, 6.07) is 38.6. The third-order valence-corrected chi connectivity index (χ3v) is 8.78. The van der Waals surface area contributed by atoms with E-state index in [-0.39, 0.29) is 17.2 Å². The summed E-state index contributed by atoms with van der Waals surface area (Å²) in [6.07, 6.45) is 3.41. The number of anilines is 2. The molecule has 0 spiro atoms. The fourth-order valence-corrected chi connectivity index (χ4v) is 6.18. The maximum Gasteiger partial charge on any atom is 0.335 e. The number of nitrogens with one attached hydrogen (secondary N) is 4. The predicted octanol–water partition coefficient (Wildman–Crippen LogP) is 7.75. The maximum absolute atomic E-state index is 13.8. The fraction of sp³-hybridized carbons (Fsp3) is 0.0256. The quantitative estimate of drug-likeness (QED) is 0.0708. The first-order valence-corrected chi connectivity index (χ1v) is 16.1. The molecule has 0 aliphatic carbocycles. The second kappa shape index (κ2) is 15.0. The maximum atomic E-state index is 13.8. The number of hydrogen-bond acceptors (Lipinski definition) is 5. The van der Waals surface area contributed by atoms with Gasteiger partial charge in [0.25, 0.3) is 11.8 Å². The number of H-pyrrole nitrogens is 1. The number of carboxylic acids is 1. The molecule has 1 atom stereocenters. The third-order valence-electron chi connectivity index (χ3n) is 7.54. The number of carbonyl (C=O) groups excluding carboxylic acids is 3. The number of aromatic amines is 1. The monoisotopic (exact) mass is 666 g/mol. The first kappa shape index (κ1) is 32.5. The van der Waals surface area contributed by atoms with Gasteiger partial charge in [0.05, 0.1) is 5.56 Å². The molecular formula is C39H30N4O5S. The van der Waals surface area contributed by atoms with Crippen LogP contribution in [0.25, 0.3) is 17.0 Å². The Morgan fingerprint density at radius 1 is 0.694 bits per heavy atom. The number of aromatic nitrogens is 1. The van der Waals surface area contributed by atoms with Gasteiger partial charge in [-0.3, -0.25) is 14.4 Å². The lowest BCUT2D eigenvalue weighted by Crippen LogP contribution is -2.30. The Morgan fingerprint density at radius 3 is 2.12 bits per heavy atom. The molecule has 3 amide bonds. The summed E-state index contributed by atoms with van der Waals surface area (Å²) in [6.45, 7) is 0. The molecule has 6 aromatic rings. The van der Waals surface area contributed by atoms with Crippen LogP contribution in [0.4, 0.5) is 11.4 Å². The summed E-state index contributed by atoms with van der Waals surface area (Å²) in [7, 11) is 0. The van der Waals surface area contributed by atoms with Crippen molar-refractivity contribution in [2.24, 2.45) is 0 Å². The van der Waals surface area contributed by atoms with Gasteiger partial charge >= 0.3 is 5.97 Å². The van der Waals surface area contributed by atoms with Gasteiger partial charge in [0.1, 0.15) is 10.9 Å². The molecule has 0 aliphatic heterocycles. The molecule has 5 aromatic carbocycles. The van der Waals surface area contributed by atoms with Crippen LogP contribution >= 0.6 is 11.8 Å². The molecule has 1 heterocycles. The van der Waals surface area contributed by atoms with E-state index < -0.39 is 23.0 Å². The Labute approximate surface area is 286 Å². The molecule has 0 fully saturated rings. The first-order chi connectivity index (χ1) is 23.8. The number of carbonyl (C=O) groups is 4. The minimum absolute atomic E-state index is 0.0483. The summed E-state index contributed by atoms with van der Waals surface area (Å²) in [4.78, 5) is 55.6. The second-order valence-electron chi connectivity index (χ2n) is 10.9. The highest BCUT2D eigenvalue weighted by atomic mass is 32.2. The molecule has 0 saturated heterocycles. The van der Waals surface area contributed by atoms with Crippen LogP contribution in [0, 0.1) is 0 Å². The van der Waals surface area contributed by atoms with Crippen LogP contribution in [0.5, 0.6) is 0 Å². The van der Waals surface area contributed by atoms with Crippen molar-refractivity contribution in [3.8, 4) is 0 Å². The highest BCUT2D eigenvalue weighted by molar-refractivity contribution is 8.00. The van der Waals surface area contributed by atoms with Crippen molar-refractivity contribution >= 4 is 63.8 Å². The van der Waals surface area contributed by atoms with E-state index in [0.717, 1.165) is 22.0 Å². The van der Waals surface area contributed by atoms with Crippen molar-refractivity contribution in [2.45, 2.75) is 10.1 Å². The van der Waals surface area contributed by atoms with E-state index >= 15 is 0 Å². The molecule has 0 bridgehead atoms. The van der Waals surface area contributed by atoms with Gasteiger partial charge in [-0.1, -0.05) is 72.8 Å².